The molecule has 1 aromatic rings. The Hall–Kier alpha value is -1.36. The molecule has 1 rings (SSSR count). The van der Waals surface area contributed by atoms with Gasteiger partial charge in [0.25, 0.3) is 0 Å². The molecule has 5 nitrogen and oxygen atoms in total. The number of nitrogens with zero attached hydrogens (tertiary/aromatic N) is 3. The fraction of sp³-hybridized carbons (Fsp3) is 0.692. The van der Waals surface area contributed by atoms with E-state index < -0.39 is 0 Å². The molecule has 0 aliphatic heterocycles. The summed E-state index contributed by atoms with van der Waals surface area (Å²) in [5, 5.41) is 4.32. The summed E-state index contributed by atoms with van der Waals surface area (Å²) in [4.78, 5) is 13.5. The monoisotopic (exact) mass is 253 g/mol. The number of aromatic nitrogens is 2. The Labute approximate surface area is 109 Å². The topological polar surface area (TPSA) is 47.4 Å². The maximum atomic E-state index is 11.4. The van der Waals surface area contributed by atoms with Crippen LogP contribution < -0.4 is 4.74 Å². The van der Waals surface area contributed by atoms with E-state index in [1.54, 1.807) is 13.3 Å². The van der Waals surface area contributed by atoms with Crippen LogP contribution in [-0.4, -0.2) is 48.2 Å². The van der Waals surface area contributed by atoms with Gasteiger partial charge in [-0.25, -0.2) is 0 Å². The van der Waals surface area contributed by atoms with Crippen LogP contribution in [0.1, 0.15) is 25.5 Å². The molecule has 0 fully saturated rings. The zero-order chi connectivity index (χ0) is 13.5. The number of rotatable bonds is 8. The van der Waals surface area contributed by atoms with Gasteiger partial charge in [0.1, 0.15) is 5.78 Å². The smallest absolute Gasteiger partial charge is 0.159 e. The first-order valence-corrected chi connectivity index (χ1v) is 6.33. The van der Waals surface area contributed by atoms with Crippen molar-refractivity contribution in [3.63, 3.8) is 0 Å². The van der Waals surface area contributed by atoms with Gasteiger partial charge in [0.05, 0.1) is 25.5 Å². The minimum absolute atomic E-state index is 0.275. The SMILES string of the molecule is CCC(=O)CCc1c(OC)cnn1CCN(C)C. The number of ether oxygens (including phenoxy) is 1. The predicted octanol–water partition coefficient (Wildman–Crippen LogP) is 1.36. The molecule has 0 spiro atoms. The first-order chi connectivity index (χ1) is 8.58. The van der Waals surface area contributed by atoms with E-state index in [0.717, 1.165) is 24.5 Å². The molecule has 0 saturated carbocycles. The van der Waals surface area contributed by atoms with E-state index >= 15 is 0 Å². The Bertz CT molecular complexity index is 386. The quantitative estimate of drug-likeness (QED) is 0.702. The Morgan fingerprint density at radius 2 is 2.22 bits per heavy atom. The summed E-state index contributed by atoms with van der Waals surface area (Å²) < 4.78 is 7.22. The van der Waals surface area contributed by atoms with Gasteiger partial charge in [-0.3, -0.25) is 9.48 Å². The number of carbonyl (C=O) groups excluding carboxylic acids is 1. The van der Waals surface area contributed by atoms with E-state index in [4.69, 9.17) is 4.74 Å². The summed E-state index contributed by atoms with van der Waals surface area (Å²) in [7, 11) is 5.69. The minimum Gasteiger partial charge on any atom is -0.493 e. The van der Waals surface area contributed by atoms with Gasteiger partial charge in [0.2, 0.25) is 0 Å². The molecule has 0 saturated heterocycles. The summed E-state index contributed by atoms with van der Waals surface area (Å²) in [5.41, 5.74) is 1.01. The Morgan fingerprint density at radius 3 is 2.78 bits per heavy atom. The van der Waals surface area contributed by atoms with Crippen LogP contribution in [0.25, 0.3) is 0 Å². The van der Waals surface area contributed by atoms with E-state index in [0.29, 0.717) is 19.3 Å². The summed E-state index contributed by atoms with van der Waals surface area (Å²) in [6.07, 6.45) is 3.57. The van der Waals surface area contributed by atoms with Crippen molar-refractivity contribution < 1.29 is 9.53 Å². The number of hydrogen-bond acceptors (Lipinski definition) is 4. The number of ketones is 1. The predicted molar refractivity (Wildman–Crippen MR) is 71.0 cm³/mol. The van der Waals surface area contributed by atoms with E-state index in [9.17, 15) is 4.79 Å². The van der Waals surface area contributed by atoms with E-state index in [1.807, 2.05) is 25.7 Å². The molecule has 0 radical (unpaired) electrons. The highest BCUT2D eigenvalue weighted by molar-refractivity contribution is 5.78. The lowest BCUT2D eigenvalue weighted by Crippen LogP contribution is -2.20. The fourth-order valence-corrected chi connectivity index (χ4v) is 1.74. The summed E-state index contributed by atoms with van der Waals surface area (Å²) in [5.74, 6) is 1.05. The molecule has 0 aliphatic carbocycles. The number of hydrogen-bond donors (Lipinski definition) is 0. The van der Waals surface area contributed by atoms with Gasteiger partial charge in [-0.2, -0.15) is 5.10 Å². The maximum absolute atomic E-state index is 11.4. The molecular weight excluding hydrogens is 230 g/mol. The first kappa shape index (κ1) is 14.7. The van der Waals surface area contributed by atoms with Crippen LogP contribution in [0.4, 0.5) is 0 Å². The molecule has 5 heteroatoms. The average molecular weight is 253 g/mol. The zero-order valence-corrected chi connectivity index (χ0v) is 11.8. The first-order valence-electron chi connectivity index (χ1n) is 6.33. The number of likely N-dealkylation sites (N-methyl/N-ethyl adjacent to an activating group) is 1. The molecule has 0 amide bonds. The summed E-state index contributed by atoms with van der Waals surface area (Å²) in [6, 6.07) is 0. The van der Waals surface area contributed by atoms with Crippen molar-refractivity contribution in [2.24, 2.45) is 0 Å². The van der Waals surface area contributed by atoms with Crippen molar-refractivity contribution >= 4 is 5.78 Å². The number of carbonyl (C=O) groups is 1. The lowest BCUT2D eigenvalue weighted by Gasteiger charge is -2.12. The van der Waals surface area contributed by atoms with Gasteiger partial charge in [-0.05, 0) is 20.5 Å². The molecule has 0 aliphatic rings. The highest BCUT2D eigenvalue weighted by Gasteiger charge is 2.12. The molecule has 0 N–H and O–H groups in total. The third kappa shape index (κ3) is 4.14. The van der Waals surface area contributed by atoms with Crippen LogP contribution in [0.3, 0.4) is 0 Å². The van der Waals surface area contributed by atoms with Crippen LogP contribution in [0.2, 0.25) is 0 Å². The highest BCUT2D eigenvalue weighted by atomic mass is 16.5. The standard InChI is InChI=1S/C13H23N3O2/c1-5-11(17)6-7-12-13(18-4)10-14-16(12)9-8-15(2)3/h10H,5-9H2,1-4H3. The normalized spacial score (nSPS) is 10.9. The molecular formula is C13H23N3O2. The lowest BCUT2D eigenvalue weighted by atomic mass is 10.1. The van der Waals surface area contributed by atoms with Crippen molar-refractivity contribution in [2.75, 3.05) is 27.7 Å². The second kappa shape index (κ2) is 7.16. The Kier molecular flexibility index (Phi) is 5.85. The van der Waals surface area contributed by atoms with Crippen molar-refractivity contribution in [2.45, 2.75) is 32.7 Å². The van der Waals surface area contributed by atoms with Crippen LogP contribution >= 0.6 is 0 Å². The maximum Gasteiger partial charge on any atom is 0.159 e. The molecule has 1 heterocycles. The van der Waals surface area contributed by atoms with Crippen LogP contribution in [-0.2, 0) is 17.8 Å². The largest absolute Gasteiger partial charge is 0.493 e. The van der Waals surface area contributed by atoms with E-state index in [2.05, 4.69) is 10.00 Å². The van der Waals surface area contributed by atoms with Gasteiger partial charge in [0.15, 0.2) is 5.75 Å². The van der Waals surface area contributed by atoms with Crippen LogP contribution in [0, 0.1) is 0 Å². The van der Waals surface area contributed by atoms with Crippen LogP contribution in [0.5, 0.6) is 5.75 Å². The van der Waals surface area contributed by atoms with Crippen molar-refractivity contribution in [3.8, 4) is 5.75 Å². The van der Waals surface area contributed by atoms with Gasteiger partial charge < -0.3 is 9.64 Å². The van der Waals surface area contributed by atoms with E-state index in [-0.39, 0.29) is 5.78 Å². The average Bonchev–Trinajstić information content (AvgIpc) is 2.75. The molecule has 1 aromatic heterocycles. The van der Waals surface area contributed by atoms with Crippen molar-refractivity contribution in [1.29, 1.82) is 0 Å². The second-order valence-electron chi connectivity index (χ2n) is 4.58. The zero-order valence-electron chi connectivity index (χ0n) is 11.8. The molecule has 102 valence electrons. The van der Waals surface area contributed by atoms with E-state index in [1.165, 1.54) is 0 Å². The van der Waals surface area contributed by atoms with Crippen molar-refractivity contribution in [3.05, 3.63) is 11.9 Å². The molecule has 18 heavy (non-hydrogen) atoms. The fourth-order valence-electron chi connectivity index (χ4n) is 1.74. The lowest BCUT2D eigenvalue weighted by molar-refractivity contribution is -0.118. The summed E-state index contributed by atoms with van der Waals surface area (Å²) in [6.45, 7) is 3.62. The van der Waals surface area contributed by atoms with Gasteiger partial charge in [0, 0.05) is 19.4 Å². The third-order valence-electron chi connectivity index (χ3n) is 2.92. The van der Waals surface area contributed by atoms with Crippen LogP contribution in [0.15, 0.2) is 6.20 Å². The minimum atomic E-state index is 0.275. The highest BCUT2D eigenvalue weighted by Crippen LogP contribution is 2.19. The number of methoxy groups -OCH3 is 1. The Morgan fingerprint density at radius 1 is 1.50 bits per heavy atom. The Balaban J connectivity index is 2.71. The molecule has 0 atom stereocenters. The molecule has 0 aromatic carbocycles. The van der Waals surface area contributed by atoms with Gasteiger partial charge in [-0.1, -0.05) is 6.92 Å². The second-order valence-corrected chi connectivity index (χ2v) is 4.58. The number of Topliss-reactive ketones (excluding diaryl/α,β-unsaturated/α-hetero) is 1. The summed E-state index contributed by atoms with van der Waals surface area (Å²) >= 11 is 0. The molecule has 0 unspecified atom stereocenters. The van der Waals surface area contributed by atoms with Gasteiger partial charge >= 0.3 is 0 Å². The molecule has 0 bridgehead atoms. The van der Waals surface area contributed by atoms with Crippen molar-refractivity contribution in [1.82, 2.24) is 14.7 Å². The third-order valence-corrected chi connectivity index (χ3v) is 2.92. The van der Waals surface area contributed by atoms with Gasteiger partial charge in [-0.15, -0.1) is 0 Å².